The van der Waals surface area contributed by atoms with Gasteiger partial charge >= 0.3 is 12.0 Å². The molecule has 0 bridgehead atoms. The number of methoxy groups -OCH3 is 1. The van der Waals surface area contributed by atoms with Crippen molar-refractivity contribution in [2.75, 3.05) is 7.11 Å². The van der Waals surface area contributed by atoms with Crippen LogP contribution in [0.1, 0.15) is 18.5 Å². The van der Waals surface area contributed by atoms with Gasteiger partial charge in [-0.1, -0.05) is 12.1 Å². The molecule has 2 amide bonds. The van der Waals surface area contributed by atoms with Crippen LogP contribution in [0.25, 0.3) is 0 Å². The Balaban J connectivity index is 2.49. The molecule has 1 aliphatic heterocycles. The van der Waals surface area contributed by atoms with Crippen molar-refractivity contribution in [1.82, 2.24) is 10.6 Å². The van der Waals surface area contributed by atoms with E-state index in [1.165, 1.54) is 7.11 Å². The van der Waals surface area contributed by atoms with E-state index >= 15 is 0 Å². The standard InChI is InChI=1S/C13H13IN2O3/c1-7-10(12(17)19-2)11(16-13(18)15-7)8-4-3-5-9(14)6-8/h3-6,11H,1-2H3,(H2,15,16,18)/t11-/m1/s1. The molecule has 0 aromatic heterocycles. The summed E-state index contributed by atoms with van der Waals surface area (Å²) < 4.78 is 5.82. The van der Waals surface area contributed by atoms with Crippen molar-refractivity contribution in [3.63, 3.8) is 0 Å². The molecule has 0 radical (unpaired) electrons. The van der Waals surface area contributed by atoms with E-state index < -0.39 is 12.0 Å². The Hall–Kier alpha value is -1.57. The Morgan fingerprint density at radius 1 is 1.42 bits per heavy atom. The highest BCUT2D eigenvalue weighted by Gasteiger charge is 2.31. The maximum atomic E-state index is 11.9. The van der Waals surface area contributed by atoms with Crippen molar-refractivity contribution in [1.29, 1.82) is 0 Å². The minimum atomic E-state index is -0.490. The van der Waals surface area contributed by atoms with E-state index in [0.29, 0.717) is 11.3 Å². The van der Waals surface area contributed by atoms with Gasteiger partial charge in [-0.2, -0.15) is 0 Å². The predicted octanol–water partition coefficient (Wildman–Crippen LogP) is 2.09. The Bertz CT molecular complexity index is 569. The van der Waals surface area contributed by atoms with Crippen LogP contribution in [0.3, 0.4) is 0 Å². The van der Waals surface area contributed by atoms with Crippen LogP contribution in [0.15, 0.2) is 35.5 Å². The topological polar surface area (TPSA) is 67.4 Å². The van der Waals surface area contributed by atoms with Gasteiger partial charge < -0.3 is 15.4 Å². The zero-order valence-corrected chi connectivity index (χ0v) is 12.6. The lowest BCUT2D eigenvalue weighted by molar-refractivity contribution is -0.136. The monoisotopic (exact) mass is 372 g/mol. The minimum Gasteiger partial charge on any atom is -0.466 e. The smallest absolute Gasteiger partial charge is 0.337 e. The van der Waals surface area contributed by atoms with E-state index in [9.17, 15) is 9.59 Å². The van der Waals surface area contributed by atoms with Gasteiger partial charge in [0.15, 0.2) is 0 Å². The molecule has 0 saturated heterocycles. The number of hydrogen-bond donors (Lipinski definition) is 2. The molecule has 1 aromatic carbocycles. The lowest BCUT2D eigenvalue weighted by Gasteiger charge is -2.27. The van der Waals surface area contributed by atoms with Crippen molar-refractivity contribution < 1.29 is 14.3 Å². The maximum Gasteiger partial charge on any atom is 0.337 e. The van der Waals surface area contributed by atoms with Crippen LogP contribution in [0.5, 0.6) is 0 Å². The summed E-state index contributed by atoms with van der Waals surface area (Å²) in [6.07, 6.45) is 0. The van der Waals surface area contributed by atoms with Crippen molar-refractivity contribution >= 4 is 34.6 Å². The molecule has 5 nitrogen and oxygen atoms in total. The van der Waals surface area contributed by atoms with Gasteiger partial charge in [-0.05, 0) is 47.2 Å². The first-order valence-electron chi connectivity index (χ1n) is 5.65. The molecule has 100 valence electrons. The van der Waals surface area contributed by atoms with Gasteiger partial charge in [0.25, 0.3) is 0 Å². The fraction of sp³-hybridized carbons (Fsp3) is 0.231. The average Bonchev–Trinajstić information content (AvgIpc) is 2.37. The van der Waals surface area contributed by atoms with Crippen LogP contribution >= 0.6 is 22.6 Å². The zero-order valence-electron chi connectivity index (χ0n) is 10.5. The second-order valence-corrected chi connectivity index (χ2v) is 5.36. The van der Waals surface area contributed by atoms with Gasteiger partial charge in [0.05, 0.1) is 18.7 Å². The van der Waals surface area contributed by atoms with Crippen LogP contribution in [-0.2, 0) is 9.53 Å². The van der Waals surface area contributed by atoms with E-state index in [0.717, 1.165) is 9.13 Å². The number of halogens is 1. The fourth-order valence-electron chi connectivity index (χ4n) is 2.01. The Morgan fingerprint density at radius 3 is 2.79 bits per heavy atom. The molecular weight excluding hydrogens is 359 g/mol. The molecule has 0 unspecified atom stereocenters. The minimum absolute atomic E-state index is 0.325. The second kappa shape index (κ2) is 5.60. The molecule has 6 heteroatoms. The summed E-state index contributed by atoms with van der Waals surface area (Å²) in [5, 5.41) is 5.33. The fourth-order valence-corrected chi connectivity index (χ4v) is 2.58. The molecule has 2 rings (SSSR count). The van der Waals surface area contributed by atoms with Crippen molar-refractivity contribution in [3.05, 3.63) is 44.7 Å². The summed E-state index contributed by atoms with van der Waals surface area (Å²) in [4.78, 5) is 23.5. The Labute approximate surface area is 124 Å². The number of hydrogen-bond acceptors (Lipinski definition) is 3. The van der Waals surface area contributed by atoms with Gasteiger partial charge in [-0.25, -0.2) is 9.59 Å². The number of allylic oxidation sites excluding steroid dienone is 1. The molecule has 1 atom stereocenters. The highest BCUT2D eigenvalue weighted by molar-refractivity contribution is 14.1. The van der Waals surface area contributed by atoms with Crippen molar-refractivity contribution in [3.8, 4) is 0 Å². The first-order valence-corrected chi connectivity index (χ1v) is 6.73. The van der Waals surface area contributed by atoms with E-state index in [4.69, 9.17) is 4.74 Å². The molecule has 1 aliphatic rings. The number of esters is 1. The predicted molar refractivity (Wildman–Crippen MR) is 78.3 cm³/mol. The normalized spacial score (nSPS) is 18.7. The molecule has 19 heavy (non-hydrogen) atoms. The molecule has 1 heterocycles. The van der Waals surface area contributed by atoms with Crippen LogP contribution < -0.4 is 10.6 Å². The first kappa shape index (κ1) is 13.9. The quantitative estimate of drug-likeness (QED) is 0.617. The highest BCUT2D eigenvalue weighted by Crippen LogP contribution is 2.28. The molecule has 0 saturated carbocycles. The molecule has 2 N–H and O–H groups in total. The number of amides is 2. The molecule has 1 aromatic rings. The number of carbonyl (C=O) groups is 2. The lowest BCUT2D eigenvalue weighted by Crippen LogP contribution is -2.45. The second-order valence-electron chi connectivity index (χ2n) is 4.12. The van der Waals surface area contributed by atoms with Crippen LogP contribution in [0.2, 0.25) is 0 Å². The average molecular weight is 372 g/mol. The Kier molecular flexibility index (Phi) is 4.08. The lowest BCUT2D eigenvalue weighted by atomic mass is 9.96. The summed E-state index contributed by atoms with van der Waals surface area (Å²) >= 11 is 2.19. The third kappa shape index (κ3) is 2.89. The van der Waals surface area contributed by atoms with E-state index in [1.54, 1.807) is 6.92 Å². The summed E-state index contributed by atoms with van der Waals surface area (Å²) in [6, 6.07) is 6.81. The van der Waals surface area contributed by atoms with Gasteiger partial charge in [0.2, 0.25) is 0 Å². The summed E-state index contributed by atoms with van der Waals surface area (Å²) in [5.41, 5.74) is 1.78. The summed E-state index contributed by atoms with van der Waals surface area (Å²) in [7, 11) is 1.32. The van der Waals surface area contributed by atoms with E-state index in [-0.39, 0.29) is 6.03 Å². The number of benzene rings is 1. The molecular formula is C13H13IN2O3. The van der Waals surface area contributed by atoms with Gasteiger partial charge in [-0.15, -0.1) is 0 Å². The van der Waals surface area contributed by atoms with Gasteiger partial charge in [0.1, 0.15) is 0 Å². The summed E-state index contributed by atoms with van der Waals surface area (Å²) in [5.74, 6) is -0.450. The van der Waals surface area contributed by atoms with Crippen LogP contribution in [-0.4, -0.2) is 19.1 Å². The largest absolute Gasteiger partial charge is 0.466 e. The third-order valence-electron chi connectivity index (χ3n) is 2.86. The van der Waals surface area contributed by atoms with E-state index in [1.807, 2.05) is 24.3 Å². The number of ether oxygens (including phenoxy) is 1. The SMILES string of the molecule is COC(=O)C1=C(C)NC(=O)N[C@@H]1c1cccc(I)c1. The maximum absolute atomic E-state index is 11.9. The van der Waals surface area contributed by atoms with Gasteiger partial charge in [-0.3, -0.25) is 0 Å². The van der Waals surface area contributed by atoms with Crippen molar-refractivity contribution in [2.45, 2.75) is 13.0 Å². The molecule has 0 spiro atoms. The summed E-state index contributed by atoms with van der Waals surface area (Å²) in [6.45, 7) is 1.69. The van der Waals surface area contributed by atoms with Crippen LogP contribution in [0, 0.1) is 3.57 Å². The highest BCUT2D eigenvalue weighted by atomic mass is 127. The molecule has 0 aliphatic carbocycles. The molecule has 0 fully saturated rings. The number of nitrogens with one attached hydrogen (secondary N) is 2. The van der Waals surface area contributed by atoms with Crippen LogP contribution in [0.4, 0.5) is 4.79 Å². The zero-order chi connectivity index (χ0) is 14.0. The van der Waals surface area contributed by atoms with Gasteiger partial charge in [0, 0.05) is 9.27 Å². The number of urea groups is 1. The number of rotatable bonds is 2. The van der Waals surface area contributed by atoms with Crippen molar-refractivity contribution in [2.24, 2.45) is 0 Å². The third-order valence-corrected chi connectivity index (χ3v) is 3.53. The van der Waals surface area contributed by atoms with E-state index in [2.05, 4.69) is 33.2 Å². The number of carbonyl (C=O) groups excluding carboxylic acids is 2. The first-order chi connectivity index (χ1) is 9.02. The Morgan fingerprint density at radius 2 is 2.16 bits per heavy atom.